The van der Waals surface area contributed by atoms with Gasteiger partial charge in [0.25, 0.3) is 0 Å². The molecule has 2 N–H and O–H groups in total. The Labute approximate surface area is 143 Å². The highest BCUT2D eigenvalue weighted by Gasteiger charge is 2.21. The first-order chi connectivity index (χ1) is 11.6. The van der Waals surface area contributed by atoms with Crippen molar-refractivity contribution in [1.82, 2.24) is 5.32 Å². The van der Waals surface area contributed by atoms with Gasteiger partial charge in [-0.1, -0.05) is 26.0 Å². The van der Waals surface area contributed by atoms with E-state index in [1.54, 1.807) is 0 Å². The van der Waals surface area contributed by atoms with Gasteiger partial charge >= 0.3 is 0 Å². The highest BCUT2D eigenvalue weighted by Crippen LogP contribution is 2.25. The van der Waals surface area contributed by atoms with Crippen molar-refractivity contribution in [3.05, 3.63) is 54.1 Å². The van der Waals surface area contributed by atoms with Crippen LogP contribution >= 0.6 is 0 Å². The molecule has 0 spiro atoms. The lowest BCUT2D eigenvalue weighted by atomic mass is 10.0. The average molecular weight is 324 g/mol. The van der Waals surface area contributed by atoms with Crippen LogP contribution in [-0.4, -0.2) is 18.5 Å². The number of amides is 1. The summed E-state index contributed by atoms with van der Waals surface area (Å²) in [6.45, 7) is 5.26. The molecular formula is C20H24N2O2. The van der Waals surface area contributed by atoms with Crippen LogP contribution in [0, 0.1) is 0 Å². The predicted molar refractivity (Wildman–Crippen MR) is 96.7 cm³/mol. The second-order valence-electron chi connectivity index (χ2n) is 6.49. The van der Waals surface area contributed by atoms with E-state index < -0.39 is 0 Å². The van der Waals surface area contributed by atoms with E-state index in [4.69, 9.17) is 4.74 Å². The molecule has 1 aliphatic rings. The van der Waals surface area contributed by atoms with E-state index in [0.717, 1.165) is 36.6 Å². The van der Waals surface area contributed by atoms with E-state index in [2.05, 4.69) is 36.6 Å². The fourth-order valence-corrected chi connectivity index (χ4v) is 2.80. The zero-order valence-corrected chi connectivity index (χ0v) is 14.2. The Morgan fingerprint density at radius 2 is 1.71 bits per heavy atom. The van der Waals surface area contributed by atoms with Gasteiger partial charge in [0, 0.05) is 5.69 Å². The molecule has 0 saturated carbocycles. The minimum absolute atomic E-state index is 0.0328. The van der Waals surface area contributed by atoms with E-state index in [9.17, 15) is 4.79 Å². The van der Waals surface area contributed by atoms with Crippen LogP contribution in [0.25, 0.3) is 0 Å². The van der Waals surface area contributed by atoms with Crippen molar-refractivity contribution in [1.29, 1.82) is 0 Å². The van der Waals surface area contributed by atoms with Gasteiger partial charge in [-0.15, -0.1) is 0 Å². The normalized spacial score (nSPS) is 17.0. The van der Waals surface area contributed by atoms with Crippen molar-refractivity contribution in [3.8, 4) is 11.5 Å². The molecule has 1 amide bonds. The molecule has 126 valence electrons. The summed E-state index contributed by atoms with van der Waals surface area (Å²) in [6, 6.07) is 15.5. The molecule has 2 aromatic carbocycles. The van der Waals surface area contributed by atoms with Crippen LogP contribution in [0.5, 0.6) is 11.5 Å². The standard InChI is InChI=1S/C20H24N2O2/c1-14(2)15-5-9-17(10-6-15)24-18-11-7-16(8-12-18)22-20(23)19-4-3-13-21-19/h5-12,14,19,21H,3-4,13H2,1-2H3,(H,22,23)/t19-/m0/s1. The number of carbonyl (C=O) groups is 1. The van der Waals surface area contributed by atoms with Gasteiger partial charge < -0.3 is 15.4 Å². The molecule has 2 aromatic rings. The van der Waals surface area contributed by atoms with Crippen molar-refractivity contribution >= 4 is 11.6 Å². The van der Waals surface area contributed by atoms with Crippen LogP contribution in [0.2, 0.25) is 0 Å². The Balaban J connectivity index is 1.58. The van der Waals surface area contributed by atoms with Crippen molar-refractivity contribution < 1.29 is 9.53 Å². The summed E-state index contributed by atoms with van der Waals surface area (Å²) >= 11 is 0. The summed E-state index contributed by atoms with van der Waals surface area (Å²) in [5.74, 6) is 2.11. The molecule has 4 heteroatoms. The number of rotatable bonds is 5. The van der Waals surface area contributed by atoms with Crippen LogP contribution in [-0.2, 0) is 4.79 Å². The molecule has 24 heavy (non-hydrogen) atoms. The third-order valence-corrected chi connectivity index (χ3v) is 4.28. The number of ether oxygens (including phenoxy) is 1. The van der Waals surface area contributed by atoms with E-state index in [0.29, 0.717) is 5.92 Å². The Hall–Kier alpha value is -2.33. The van der Waals surface area contributed by atoms with Gasteiger partial charge in [0.05, 0.1) is 6.04 Å². The SMILES string of the molecule is CC(C)c1ccc(Oc2ccc(NC(=O)[C@@H]3CCCN3)cc2)cc1. The van der Waals surface area contributed by atoms with Gasteiger partial charge in [-0.05, 0) is 67.3 Å². The maximum absolute atomic E-state index is 12.1. The van der Waals surface area contributed by atoms with E-state index in [1.807, 2.05) is 36.4 Å². The summed E-state index contributed by atoms with van der Waals surface area (Å²) < 4.78 is 5.85. The second-order valence-corrected chi connectivity index (χ2v) is 6.49. The Morgan fingerprint density at radius 3 is 2.25 bits per heavy atom. The first-order valence-electron chi connectivity index (χ1n) is 8.54. The summed E-state index contributed by atoms with van der Waals surface area (Å²) in [5.41, 5.74) is 2.08. The molecule has 3 rings (SSSR count). The van der Waals surface area contributed by atoms with Crippen LogP contribution in [0.4, 0.5) is 5.69 Å². The molecule has 1 saturated heterocycles. The fourth-order valence-electron chi connectivity index (χ4n) is 2.80. The topological polar surface area (TPSA) is 50.4 Å². The average Bonchev–Trinajstić information content (AvgIpc) is 3.12. The zero-order chi connectivity index (χ0) is 16.9. The molecule has 0 radical (unpaired) electrons. The number of benzene rings is 2. The summed E-state index contributed by atoms with van der Waals surface area (Å²) in [5, 5.41) is 6.13. The largest absolute Gasteiger partial charge is 0.457 e. The number of anilines is 1. The van der Waals surface area contributed by atoms with Gasteiger partial charge in [-0.3, -0.25) is 4.79 Å². The van der Waals surface area contributed by atoms with Crippen LogP contribution in [0.15, 0.2) is 48.5 Å². The number of carbonyl (C=O) groups excluding carboxylic acids is 1. The van der Waals surface area contributed by atoms with Crippen LogP contribution < -0.4 is 15.4 Å². The lowest BCUT2D eigenvalue weighted by molar-refractivity contribution is -0.117. The maximum Gasteiger partial charge on any atom is 0.241 e. The predicted octanol–water partition coefficient (Wildman–Crippen LogP) is 4.29. The first kappa shape index (κ1) is 16.5. The molecule has 0 bridgehead atoms. The molecule has 0 aromatic heterocycles. The Kier molecular flexibility index (Phi) is 5.16. The van der Waals surface area contributed by atoms with E-state index in [-0.39, 0.29) is 11.9 Å². The van der Waals surface area contributed by atoms with Crippen molar-refractivity contribution in [3.63, 3.8) is 0 Å². The lowest BCUT2D eigenvalue weighted by Crippen LogP contribution is -2.35. The van der Waals surface area contributed by atoms with Crippen LogP contribution in [0.1, 0.15) is 38.2 Å². The molecule has 1 aliphatic heterocycles. The minimum atomic E-state index is -0.0691. The fraction of sp³-hybridized carbons (Fsp3) is 0.350. The van der Waals surface area contributed by atoms with Crippen molar-refractivity contribution in [2.45, 2.75) is 38.6 Å². The van der Waals surface area contributed by atoms with Crippen molar-refractivity contribution in [2.75, 3.05) is 11.9 Å². The molecule has 1 heterocycles. The van der Waals surface area contributed by atoms with Gasteiger partial charge in [0.1, 0.15) is 11.5 Å². The molecule has 0 aliphatic carbocycles. The quantitative estimate of drug-likeness (QED) is 0.862. The second kappa shape index (κ2) is 7.49. The molecule has 0 unspecified atom stereocenters. The molecule has 1 fully saturated rings. The Bertz CT molecular complexity index is 672. The third kappa shape index (κ3) is 4.15. The zero-order valence-electron chi connectivity index (χ0n) is 14.2. The third-order valence-electron chi connectivity index (χ3n) is 4.28. The minimum Gasteiger partial charge on any atom is -0.457 e. The smallest absolute Gasteiger partial charge is 0.241 e. The Morgan fingerprint density at radius 1 is 1.08 bits per heavy atom. The van der Waals surface area contributed by atoms with E-state index in [1.165, 1.54) is 5.56 Å². The maximum atomic E-state index is 12.1. The molecule has 4 nitrogen and oxygen atoms in total. The highest BCUT2D eigenvalue weighted by molar-refractivity contribution is 5.95. The van der Waals surface area contributed by atoms with Crippen molar-refractivity contribution in [2.24, 2.45) is 0 Å². The van der Waals surface area contributed by atoms with Gasteiger partial charge in [0.2, 0.25) is 5.91 Å². The van der Waals surface area contributed by atoms with Gasteiger partial charge in [-0.25, -0.2) is 0 Å². The van der Waals surface area contributed by atoms with Gasteiger partial charge in [0.15, 0.2) is 0 Å². The van der Waals surface area contributed by atoms with Gasteiger partial charge in [-0.2, -0.15) is 0 Å². The lowest BCUT2D eigenvalue weighted by Gasteiger charge is -2.12. The summed E-state index contributed by atoms with van der Waals surface area (Å²) in [6.07, 6.45) is 1.96. The van der Waals surface area contributed by atoms with E-state index >= 15 is 0 Å². The number of nitrogens with one attached hydrogen (secondary N) is 2. The monoisotopic (exact) mass is 324 g/mol. The molecular weight excluding hydrogens is 300 g/mol. The summed E-state index contributed by atoms with van der Waals surface area (Å²) in [4.78, 5) is 12.1. The highest BCUT2D eigenvalue weighted by atomic mass is 16.5. The summed E-state index contributed by atoms with van der Waals surface area (Å²) in [7, 11) is 0. The van der Waals surface area contributed by atoms with Crippen LogP contribution in [0.3, 0.4) is 0 Å². The number of hydrogen-bond donors (Lipinski definition) is 2. The first-order valence-corrected chi connectivity index (χ1v) is 8.54. The number of hydrogen-bond acceptors (Lipinski definition) is 3. The molecule has 1 atom stereocenters.